The van der Waals surface area contributed by atoms with E-state index < -0.39 is 0 Å². The summed E-state index contributed by atoms with van der Waals surface area (Å²) in [6, 6.07) is 13.6. The smallest absolute Gasteiger partial charge is 0.220 e. The van der Waals surface area contributed by atoms with Gasteiger partial charge in [0.2, 0.25) is 5.91 Å². The molecular weight excluding hydrogens is 446 g/mol. The van der Waals surface area contributed by atoms with Crippen molar-refractivity contribution in [1.29, 1.82) is 0 Å². The largest absolute Gasteiger partial charge is 0.497 e. The van der Waals surface area contributed by atoms with Crippen LogP contribution < -0.4 is 14.8 Å². The van der Waals surface area contributed by atoms with Crippen LogP contribution >= 0.6 is 15.9 Å². The highest BCUT2D eigenvalue weighted by atomic mass is 79.9. The number of hydrogen-bond acceptors (Lipinski definition) is 4. The highest BCUT2D eigenvalue weighted by Crippen LogP contribution is 2.35. The number of rotatable bonds is 11. The Morgan fingerprint density at radius 3 is 2.23 bits per heavy atom. The monoisotopic (exact) mass is 473 g/mol. The molecule has 1 amide bonds. The third kappa shape index (κ3) is 6.59. The van der Waals surface area contributed by atoms with Crippen molar-refractivity contribution in [2.45, 2.75) is 38.0 Å². The van der Waals surface area contributed by atoms with E-state index in [1.54, 1.807) is 14.2 Å². The number of carbonyl (C=O) groups excluding carboxylic acids is 2. The van der Waals surface area contributed by atoms with Gasteiger partial charge in [0.1, 0.15) is 17.3 Å². The number of benzene rings is 2. The molecule has 5 nitrogen and oxygen atoms in total. The molecule has 2 aromatic rings. The Hall–Kier alpha value is -2.34. The topological polar surface area (TPSA) is 64.6 Å². The third-order valence-corrected chi connectivity index (χ3v) is 5.93. The zero-order chi connectivity index (χ0) is 21.5. The van der Waals surface area contributed by atoms with Gasteiger partial charge in [0.15, 0.2) is 0 Å². The first-order valence-corrected chi connectivity index (χ1v) is 11.0. The summed E-state index contributed by atoms with van der Waals surface area (Å²) < 4.78 is 11.6. The molecule has 0 aliphatic heterocycles. The Balaban J connectivity index is 1.57. The van der Waals surface area contributed by atoms with Crippen LogP contribution in [0.2, 0.25) is 0 Å². The van der Waals surface area contributed by atoms with E-state index in [2.05, 4.69) is 21.2 Å². The Morgan fingerprint density at radius 1 is 1.03 bits per heavy atom. The van der Waals surface area contributed by atoms with E-state index in [1.165, 1.54) is 0 Å². The van der Waals surface area contributed by atoms with E-state index >= 15 is 0 Å². The van der Waals surface area contributed by atoms with Crippen molar-refractivity contribution in [1.82, 2.24) is 5.32 Å². The lowest BCUT2D eigenvalue weighted by Crippen LogP contribution is -2.28. The van der Waals surface area contributed by atoms with Crippen LogP contribution in [0.3, 0.4) is 0 Å². The molecule has 0 bridgehead atoms. The normalized spacial score (nSPS) is 14.1. The summed E-state index contributed by atoms with van der Waals surface area (Å²) in [7, 11) is 3.23. The summed E-state index contributed by atoms with van der Waals surface area (Å²) >= 11 is 3.44. The molecule has 1 saturated carbocycles. The summed E-state index contributed by atoms with van der Waals surface area (Å²) in [5.41, 5.74) is 2.06. The van der Waals surface area contributed by atoms with Gasteiger partial charge in [-0.05, 0) is 60.6 Å². The molecule has 160 valence electrons. The molecule has 0 spiro atoms. The zero-order valence-corrected chi connectivity index (χ0v) is 19.0. The Morgan fingerprint density at radius 2 is 1.67 bits per heavy atom. The van der Waals surface area contributed by atoms with Crippen LogP contribution in [-0.4, -0.2) is 32.5 Å². The molecule has 6 heteroatoms. The highest BCUT2D eigenvalue weighted by Gasteiger charge is 2.31. The SMILES string of the molecule is COc1cc(CCNC(=O)CC(CC(=O)C2CC2)c2ccc(Br)cc2)cc(OC)c1. The number of nitrogens with one attached hydrogen (secondary N) is 1. The number of amides is 1. The molecule has 3 rings (SSSR count). The van der Waals surface area contributed by atoms with Gasteiger partial charge >= 0.3 is 0 Å². The molecule has 1 fully saturated rings. The summed E-state index contributed by atoms with van der Waals surface area (Å²) in [4.78, 5) is 25.0. The van der Waals surface area contributed by atoms with E-state index in [9.17, 15) is 9.59 Å². The van der Waals surface area contributed by atoms with Crippen molar-refractivity contribution in [3.8, 4) is 11.5 Å². The van der Waals surface area contributed by atoms with Crippen molar-refractivity contribution in [2.24, 2.45) is 5.92 Å². The van der Waals surface area contributed by atoms with Gasteiger partial charge in [0.05, 0.1) is 14.2 Å². The van der Waals surface area contributed by atoms with Crippen LogP contribution in [-0.2, 0) is 16.0 Å². The lowest BCUT2D eigenvalue weighted by molar-refractivity contribution is -0.122. The van der Waals surface area contributed by atoms with E-state index in [-0.39, 0.29) is 23.5 Å². The van der Waals surface area contributed by atoms with Crippen LogP contribution in [0.4, 0.5) is 0 Å². The van der Waals surface area contributed by atoms with Gasteiger partial charge in [0.25, 0.3) is 0 Å². The predicted molar refractivity (Wildman–Crippen MR) is 120 cm³/mol. The number of halogens is 1. The summed E-state index contributed by atoms with van der Waals surface area (Å²) in [5, 5.41) is 2.99. The molecule has 0 radical (unpaired) electrons. The van der Waals surface area contributed by atoms with Crippen LogP contribution in [0, 0.1) is 5.92 Å². The second-order valence-corrected chi connectivity index (χ2v) is 8.63. The van der Waals surface area contributed by atoms with Crippen molar-refractivity contribution in [3.63, 3.8) is 0 Å². The quantitative estimate of drug-likeness (QED) is 0.514. The van der Waals surface area contributed by atoms with Crippen molar-refractivity contribution in [2.75, 3.05) is 20.8 Å². The molecule has 1 aliphatic rings. The molecule has 0 heterocycles. The minimum Gasteiger partial charge on any atom is -0.497 e. The number of ketones is 1. The summed E-state index contributed by atoms with van der Waals surface area (Å²) in [6.07, 6.45) is 3.38. The second-order valence-electron chi connectivity index (χ2n) is 7.72. The molecule has 1 aliphatic carbocycles. The van der Waals surface area contributed by atoms with Crippen molar-refractivity contribution < 1.29 is 19.1 Å². The summed E-state index contributed by atoms with van der Waals surface area (Å²) in [6.45, 7) is 0.513. The number of Topliss-reactive ketones (excluding diaryl/α,β-unsaturated/α-hetero) is 1. The molecular formula is C24H28BrNO4. The Kier molecular flexibility index (Phi) is 7.91. The van der Waals surface area contributed by atoms with Gasteiger partial charge in [-0.25, -0.2) is 0 Å². The van der Waals surface area contributed by atoms with Crippen LogP contribution in [0.5, 0.6) is 11.5 Å². The third-order valence-electron chi connectivity index (χ3n) is 5.40. The zero-order valence-electron chi connectivity index (χ0n) is 17.4. The van der Waals surface area contributed by atoms with E-state index in [1.807, 2.05) is 42.5 Å². The average molecular weight is 474 g/mol. The average Bonchev–Trinajstić information content (AvgIpc) is 3.59. The number of carbonyl (C=O) groups is 2. The lowest BCUT2D eigenvalue weighted by Gasteiger charge is -2.17. The van der Waals surface area contributed by atoms with Gasteiger partial charge in [-0.15, -0.1) is 0 Å². The first kappa shape index (κ1) is 22.3. The maximum Gasteiger partial charge on any atom is 0.220 e. The maximum atomic E-state index is 12.6. The molecule has 0 saturated heterocycles. The van der Waals surface area contributed by atoms with Gasteiger partial charge < -0.3 is 14.8 Å². The van der Waals surface area contributed by atoms with Crippen LogP contribution in [0.25, 0.3) is 0 Å². The van der Waals surface area contributed by atoms with E-state index in [0.29, 0.717) is 25.8 Å². The van der Waals surface area contributed by atoms with Gasteiger partial charge in [-0.1, -0.05) is 28.1 Å². The Labute approximate surface area is 186 Å². The summed E-state index contributed by atoms with van der Waals surface area (Å²) in [5.74, 6) is 1.80. The maximum absolute atomic E-state index is 12.6. The highest BCUT2D eigenvalue weighted by molar-refractivity contribution is 9.10. The van der Waals surface area contributed by atoms with E-state index in [4.69, 9.17) is 9.47 Å². The predicted octanol–water partition coefficient (Wildman–Crippen LogP) is 4.67. The van der Waals surface area contributed by atoms with Gasteiger partial charge in [-0.3, -0.25) is 9.59 Å². The molecule has 2 aromatic carbocycles. The van der Waals surface area contributed by atoms with Crippen molar-refractivity contribution >= 4 is 27.6 Å². The first-order chi connectivity index (χ1) is 14.5. The molecule has 0 aromatic heterocycles. The van der Waals surface area contributed by atoms with E-state index in [0.717, 1.165) is 39.9 Å². The molecule has 1 N–H and O–H groups in total. The minimum atomic E-state index is -0.0943. The molecule has 1 atom stereocenters. The van der Waals surface area contributed by atoms with Crippen LogP contribution in [0.15, 0.2) is 46.9 Å². The fourth-order valence-electron chi connectivity index (χ4n) is 3.51. The minimum absolute atomic E-state index is 0.0404. The first-order valence-electron chi connectivity index (χ1n) is 10.2. The fourth-order valence-corrected chi connectivity index (χ4v) is 3.77. The Bertz CT molecular complexity index is 855. The number of ether oxygens (including phenoxy) is 2. The fraction of sp³-hybridized carbons (Fsp3) is 0.417. The number of methoxy groups -OCH3 is 2. The molecule has 30 heavy (non-hydrogen) atoms. The van der Waals surface area contributed by atoms with Crippen molar-refractivity contribution in [3.05, 3.63) is 58.1 Å². The second kappa shape index (κ2) is 10.6. The number of hydrogen-bond donors (Lipinski definition) is 1. The lowest BCUT2D eigenvalue weighted by atomic mass is 9.89. The van der Waals surface area contributed by atoms with Crippen LogP contribution in [0.1, 0.15) is 42.7 Å². The van der Waals surface area contributed by atoms with Gasteiger partial charge in [0, 0.05) is 35.8 Å². The standard InChI is InChI=1S/C24H28BrNO4/c1-29-21-11-16(12-22(15-21)30-2)9-10-26-24(28)14-19(13-23(27)18-3-4-18)17-5-7-20(25)8-6-17/h5-8,11-12,15,18-19H,3-4,9-10,13-14H2,1-2H3,(H,26,28). The molecule has 1 unspecified atom stereocenters. The van der Waals surface area contributed by atoms with Gasteiger partial charge in [-0.2, -0.15) is 0 Å².